The molecule has 4 heteroatoms. The Hall–Kier alpha value is -1.94. The van der Waals surface area contributed by atoms with Crippen molar-refractivity contribution in [2.45, 2.75) is 18.7 Å². The lowest BCUT2D eigenvalue weighted by Crippen LogP contribution is -2.15. The quantitative estimate of drug-likeness (QED) is 0.667. The molecule has 3 nitrogen and oxygen atoms in total. The van der Waals surface area contributed by atoms with Crippen LogP contribution in [0.4, 0.5) is 11.4 Å². The molecule has 0 saturated heterocycles. The summed E-state index contributed by atoms with van der Waals surface area (Å²) in [6, 6.07) is 13.6. The molecule has 2 aromatic carbocycles. The number of carbonyl (C=O) groups is 1. The number of nitrogens with one attached hydrogen (secondary N) is 1. The fourth-order valence-electron chi connectivity index (χ4n) is 1.81. The predicted molar refractivity (Wildman–Crippen MR) is 86.1 cm³/mol. The Morgan fingerprint density at radius 1 is 1.20 bits per heavy atom. The summed E-state index contributed by atoms with van der Waals surface area (Å²) in [5.41, 5.74) is 9.36. The third kappa shape index (κ3) is 4.03. The van der Waals surface area contributed by atoms with E-state index in [2.05, 4.69) is 11.4 Å². The molecule has 0 aliphatic rings. The molecular formula is C16H18N2OS. The van der Waals surface area contributed by atoms with Crippen molar-refractivity contribution < 1.29 is 4.79 Å². The Morgan fingerprint density at radius 3 is 2.75 bits per heavy atom. The molecule has 0 spiro atoms. The van der Waals surface area contributed by atoms with Gasteiger partial charge in [0.2, 0.25) is 5.91 Å². The van der Waals surface area contributed by atoms with Crippen LogP contribution in [0.25, 0.3) is 0 Å². The second kappa shape index (κ2) is 6.48. The van der Waals surface area contributed by atoms with Gasteiger partial charge in [0.25, 0.3) is 0 Å². The molecule has 0 atom stereocenters. The summed E-state index contributed by atoms with van der Waals surface area (Å²) >= 11 is 1.53. The Balaban J connectivity index is 1.94. The summed E-state index contributed by atoms with van der Waals surface area (Å²) < 4.78 is 0. The van der Waals surface area contributed by atoms with Crippen LogP contribution in [0, 0.1) is 13.8 Å². The first-order valence-electron chi connectivity index (χ1n) is 6.40. The molecule has 20 heavy (non-hydrogen) atoms. The van der Waals surface area contributed by atoms with Crippen molar-refractivity contribution in [3.63, 3.8) is 0 Å². The second-order valence-electron chi connectivity index (χ2n) is 4.73. The van der Waals surface area contributed by atoms with E-state index in [0.29, 0.717) is 11.4 Å². The van der Waals surface area contributed by atoms with Crippen molar-refractivity contribution in [1.82, 2.24) is 0 Å². The summed E-state index contributed by atoms with van der Waals surface area (Å²) in [5.74, 6) is 0.364. The molecule has 0 heterocycles. The van der Waals surface area contributed by atoms with E-state index in [-0.39, 0.29) is 5.91 Å². The highest BCUT2D eigenvalue weighted by Gasteiger charge is 2.06. The number of carbonyl (C=O) groups excluding carboxylic acids is 1. The third-order valence-electron chi connectivity index (χ3n) is 2.90. The number of hydrogen-bond donors (Lipinski definition) is 2. The van der Waals surface area contributed by atoms with Gasteiger partial charge in [-0.05, 0) is 43.7 Å². The van der Waals surface area contributed by atoms with Crippen LogP contribution in [0.2, 0.25) is 0 Å². The van der Waals surface area contributed by atoms with Crippen LogP contribution in [-0.2, 0) is 4.79 Å². The second-order valence-corrected chi connectivity index (χ2v) is 5.78. The van der Waals surface area contributed by atoms with Crippen molar-refractivity contribution in [2.75, 3.05) is 16.8 Å². The van der Waals surface area contributed by atoms with E-state index < -0.39 is 0 Å². The number of hydrogen-bond acceptors (Lipinski definition) is 3. The highest BCUT2D eigenvalue weighted by atomic mass is 32.2. The van der Waals surface area contributed by atoms with Crippen LogP contribution in [-0.4, -0.2) is 11.7 Å². The number of nitrogen functional groups attached to an aromatic ring is 1. The molecular weight excluding hydrogens is 268 g/mol. The molecule has 3 N–H and O–H groups in total. The predicted octanol–water partition coefficient (Wildman–Crippen LogP) is 3.62. The number of thioether (sulfide) groups is 1. The van der Waals surface area contributed by atoms with Crippen LogP contribution < -0.4 is 11.1 Å². The van der Waals surface area contributed by atoms with E-state index in [1.165, 1.54) is 17.3 Å². The van der Waals surface area contributed by atoms with E-state index in [0.717, 1.165) is 16.1 Å². The largest absolute Gasteiger partial charge is 0.399 e. The average Bonchev–Trinajstić information content (AvgIpc) is 2.41. The van der Waals surface area contributed by atoms with Crippen molar-refractivity contribution >= 4 is 29.0 Å². The highest BCUT2D eigenvalue weighted by Crippen LogP contribution is 2.21. The molecule has 2 rings (SSSR count). The molecule has 104 valence electrons. The minimum atomic E-state index is -0.0230. The van der Waals surface area contributed by atoms with Gasteiger partial charge in [-0.25, -0.2) is 0 Å². The molecule has 0 aliphatic carbocycles. The fraction of sp³-hybridized carbons (Fsp3) is 0.188. The number of benzene rings is 2. The van der Waals surface area contributed by atoms with E-state index >= 15 is 0 Å². The van der Waals surface area contributed by atoms with E-state index in [1.54, 1.807) is 6.07 Å². The maximum atomic E-state index is 12.0. The van der Waals surface area contributed by atoms with Crippen LogP contribution in [0.1, 0.15) is 11.1 Å². The molecule has 0 aliphatic heterocycles. The summed E-state index contributed by atoms with van der Waals surface area (Å²) in [6.07, 6.45) is 0. The van der Waals surface area contributed by atoms with Gasteiger partial charge in [0, 0.05) is 16.3 Å². The monoisotopic (exact) mass is 286 g/mol. The molecule has 0 fully saturated rings. The zero-order chi connectivity index (χ0) is 14.5. The van der Waals surface area contributed by atoms with Gasteiger partial charge < -0.3 is 11.1 Å². The first-order chi connectivity index (χ1) is 9.54. The standard InChI is InChI=1S/C16H18N2OS/c1-11-4-3-5-14(8-11)20-10-16(19)18-15-9-13(17)7-6-12(15)2/h3-9H,10,17H2,1-2H3,(H,18,19). The Labute approximate surface area is 123 Å². The molecule has 1 amide bonds. The summed E-state index contributed by atoms with van der Waals surface area (Å²) in [7, 11) is 0. The van der Waals surface area contributed by atoms with Crippen molar-refractivity contribution in [3.8, 4) is 0 Å². The minimum absolute atomic E-state index is 0.0230. The molecule has 0 aromatic heterocycles. The number of anilines is 2. The van der Waals surface area contributed by atoms with E-state index in [4.69, 9.17) is 5.73 Å². The lowest BCUT2D eigenvalue weighted by Gasteiger charge is -2.09. The number of rotatable bonds is 4. The molecule has 0 unspecified atom stereocenters. The summed E-state index contributed by atoms with van der Waals surface area (Å²) in [6.45, 7) is 3.99. The average molecular weight is 286 g/mol. The SMILES string of the molecule is Cc1cccc(SCC(=O)Nc2cc(N)ccc2C)c1. The van der Waals surface area contributed by atoms with Gasteiger partial charge >= 0.3 is 0 Å². The summed E-state index contributed by atoms with van der Waals surface area (Å²) in [4.78, 5) is 13.1. The smallest absolute Gasteiger partial charge is 0.234 e. The lowest BCUT2D eigenvalue weighted by atomic mass is 10.2. The molecule has 0 saturated carbocycles. The van der Waals surface area contributed by atoms with Gasteiger partial charge in [-0.2, -0.15) is 0 Å². The topological polar surface area (TPSA) is 55.1 Å². The Bertz CT molecular complexity index is 626. The minimum Gasteiger partial charge on any atom is -0.399 e. The van der Waals surface area contributed by atoms with Crippen LogP contribution >= 0.6 is 11.8 Å². The van der Waals surface area contributed by atoms with E-state index in [1.807, 2.05) is 44.2 Å². The fourth-order valence-corrected chi connectivity index (χ4v) is 2.63. The van der Waals surface area contributed by atoms with Crippen molar-refractivity contribution in [2.24, 2.45) is 0 Å². The third-order valence-corrected chi connectivity index (χ3v) is 3.89. The first kappa shape index (κ1) is 14.5. The lowest BCUT2D eigenvalue weighted by molar-refractivity contribution is -0.113. The molecule has 0 bridgehead atoms. The van der Waals surface area contributed by atoms with Gasteiger partial charge in [-0.15, -0.1) is 11.8 Å². The number of aryl methyl sites for hydroxylation is 2. The van der Waals surface area contributed by atoms with Crippen LogP contribution in [0.15, 0.2) is 47.4 Å². The van der Waals surface area contributed by atoms with Gasteiger partial charge in [0.15, 0.2) is 0 Å². The first-order valence-corrected chi connectivity index (χ1v) is 7.38. The van der Waals surface area contributed by atoms with Crippen LogP contribution in [0.5, 0.6) is 0 Å². The van der Waals surface area contributed by atoms with E-state index in [9.17, 15) is 4.79 Å². The zero-order valence-corrected chi connectivity index (χ0v) is 12.5. The highest BCUT2D eigenvalue weighted by molar-refractivity contribution is 8.00. The van der Waals surface area contributed by atoms with Crippen LogP contribution in [0.3, 0.4) is 0 Å². The zero-order valence-electron chi connectivity index (χ0n) is 11.6. The van der Waals surface area contributed by atoms with Crippen molar-refractivity contribution in [1.29, 1.82) is 0 Å². The van der Waals surface area contributed by atoms with Gasteiger partial charge in [-0.1, -0.05) is 23.8 Å². The van der Waals surface area contributed by atoms with Gasteiger partial charge in [0.1, 0.15) is 0 Å². The normalized spacial score (nSPS) is 10.3. The number of amides is 1. The Morgan fingerprint density at radius 2 is 2.00 bits per heavy atom. The maximum Gasteiger partial charge on any atom is 0.234 e. The number of nitrogens with two attached hydrogens (primary N) is 1. The summed E-state index contributed by atoms with van der Waals surface area (Å²) in [5, 5.41) is 2.90. The van der Waals surface area contributed by atoms with Crippen molar-refractivity contribution in [3.05, 3.63) is 53.6 Å². The molecule has 2 aromatic rings. The molecule has 0 radical (unpaired) electrons. The maximum absolute atomic E-state index is 12.0. The van der Waals surface area contributed by atoms with Gasteiger partial charge in [0.05, 0.1) is 5.75 Å². The van der Waals surface area contributed by atoms with Gasteiger partial charge in [-0.3, -0.25) is 4.79 Å². The Kier molecular flexibility index (Phi) is 4.69.